The molecule has 176 valence electrons. The fraction of sp³-hybridized carbons (Fsp3) is 0.148. The Bertz CT molecular complexity index is 1460. The third-order valence-corrected chi connectivity index (χ3v) is 5.61. The first-order valence-electron chi connectivity index (χ1n) is 11.0. The van der Waals surface area contributed by atoms with Gasteiger partial charge in [0, 0.05) is 17.0 Å². The molecule has 8 nitrogen and oxygen atoms in total. The fourth-order valence-corrected chi connectivity index (χ4v) is 3.83. The van der Waals surface area contributed by atoms with Crippen LogP contribution in [0.25, 0.3) is 22.2 Å². The van der Waals surface area contributed by atoms with Gasteiger partial charge in [-0.25, -0.2) is 9.78 Å². The quantitative estimate of drug-likeness (QED) is 0.223. The van der Waals surface area contributed by atoms with Gasteiger partial charge in [0.15, 0.2) is 6.10 Å². The van der Waals surface area contributed by atoms with Gasteiger partial charge in [-0.1, -0.05) is 54.1 Å². The van der Waals surface area contributed by atoms with E-state index in [0.29, 0.717) is 16.6 Å². The predicted molar refractivity (Wildman–Crippen MR) is 133 cm³/mol. The van der Waals surface area contributed by atoms with Gasteiger partial charge in [-0.3, -0.25) is 14.9 Å². The number of nitrogens with zero attached hydrogens (tertiary/aromatic N) is 2. The summed E-state index contributed by atoms with van der Waals surface area (Å²) in [5.41, 5.74) is 4.30. The molecule has 0 spiro atoms. The van der Waals surface area contributed by atoms with Crippen molar-refractivity contribution >= 4 is 34.2 Å². The van der Waals surface area contributed by atoms with Crippen molar-refractivity contribution < 1.29 is 19.2 Å². The molecule has 0 saturated heterocycles. The van der Waals surface area contributed by atoms with E-state index in [0.717, 1.165) is 16.7 Å². The molecule has 1 unspecified atom stereocenters. The molecule has 1 aromatic heterocycles. The predicted octanol–water partition coefficient (Wildman–Crippen LogP) is 5.61. The third-order valence-electron chi connectivity index (χ3n) is 5.61. The summed E-state index contributed by atoms with van der Waals surface area (Å²) >= 11 is 0. The van der Waals surface area contributed by atoms with Crippen LogP contribution in [0.2, 0.25) is 0 Å². The van der Waals surface area contributed by atoms with Gasteiger partial charge in [0.05, 0.1) is 21.7 Å². The van der Waals surface area contributed by atoms with Crippen molar-refractivity contribution in [2.45, 2.75) is 26.9 Å². The molecule has 0 aliphatic rings. The van der Waals surface area contributed by atoms with Crippen molar-refractivity contribution in [2.24, 2.45) is 0 Å². The molecule has 0 aliphatic carbocycles. The highest BCUT2D eigenvalue weighted by Gasteiger charge is 2.24. The van der Waals surface area contributed by atoms with E-state index in [-0.39, 0.29) is 16.9 Å². The number of aryl methyl sites for hydroxylation is 2. The fourth-order valence-electron chi connectivity index (χ4n) is 3.83. The first-order valence-corrected chi connectivity index (χ1v) is 11.0. The average molecular weight is 469 g/mol. The molecule has 0 bridgehead atoms. The van der Waals surface area contributed by atoms with E-state index in [1.165, 1.54) is 25.1 Å². The number of carbonyl (C=O) groups excluding carboxylic acids is 2. The number of nitro groups is 1. The van der Waals surface area contributed by atoms with Crippen molar-refractivity contribution in [3.05, 3.63) is 99.6 Å². The lowest BCUT2D eigenvalue weighted by Crippen LogP contribution is -2.30. The summed E-state index contributed by atoms with van der Waals surface area (Å²) < 4.78 is 5.47. The summed E-state index contributed by atoms with van der Waals surface area (Å²) in [7, 11) is 0. The molecule has 1 heterocycles. The number of para-hydroxylation sites is 3. The van der Waals surface area contributed by atoms with Gasteiger partial charge in [0.1, 0.15) is 5.69 Å². The molecule has 1 atom stereocenters. The Hall–Kier alpha value is -4.59. The molecule has 0 fully saturated rings. The van der Waals surface area contributed by atoms with E-state index in [4.69, 9.17) is 9.72 Å². The monoisotopic (exact) mass is 469 g/mol. The lowest BCUT2D eigenvalue weighted by atomic mass is 9.99. The number of anilines is 1. The number of hydrogen-bond acceptors (Lipinski definition) is 6. The molecule has 35 heavy (non-hydrogen) atoms. The Morgan fingerprint density at radius 1 is 1.00 bits per heavy atom. The van der Waals surface area contributed by atoms with Gasteiger partial charge < -0.3 is 10.1 Å². The number of carbonyl (C=O) groups is 2. The largest absolute Gasteiger partial charge is 0.449 e. The number of esters is 1. The van der Waals surface area contributed by atoms with Gasteiger partial charge in [0.2, 0.25) is 0 Å². The number of fused-ring (bicyclic) bond motifs is 1. The minimum Gasteiger partial charge on any atom is -0.449 e. The van der Waals surface area contributed by atoms with Crippen LogP contribution in [0.5, 0.6) is 0 Å². The van der Waals surface area contributed by atoms with Crippen LogP contribution in [0.15, 0.2) is 72.8 Å². The summed E-state index contributed by atoms with van der Waals surface area (Å²) in [5, 5.41) is 14.3. The average Bonchev–Trinajstić information content (AvgIpc) is 2.83. The summed E-state index contributed by atoms with van der Waals surface area (Å²) in [6.45, 7) is 5.40. The van der Waals surface area contributed by atoms with E-state index in [1.54, 1.807) is 24.3 Å². The number of pyridine rings is 1. The number of hydrogen-bond donors (Lipinski definition) is 1. The summed E-state index contributed by atoms with van der Waals surface area (Å²) in [5.74, 6) is -1.37. The van der Waals surface area contributed by atoms with Crippen molar-refractivity contribution in [1.29, 1.82) is 0 Å². The Labute approximate surface area is 201 Å². The van der Waals surface area contributed by atoms with E-state index in [9.17, 15) is 19.7 Å². The zero-order valence-electron chi connectivity index (χ0n) is 19.4. The van der Waals surface area contributed by atoms with E-state index in [2.05, 4.69) is 5.32 Å². The zero-order valence-corrected chi connectivity index (χ0v) is 19.4. The third kappa shape index (κ3) is 5.01. The van der Waals surface area contributed by atoms with Crippen LogP contribution in [0.1, 0.15) is 28.4 Å². The molecule has 0 aliphatic heterocycles. The number of benzene rings is 3. The van der Waals surface area contributed by atoms with Crippen LogP contribution in [0.3, 0.4) is 0 Å². The van der Waals surface area contributed by atoms with Crippen LogP contribution in [-0.2, 0) is 9.53 Å². The lowest BCUT2D eigenvalue weighted by molar-refractivity contribution is -0.383. The minimum atomic E-state index is -1.20. The van der Waals surface area contributed by atoms with Crippen LogP contribution >= 0.6 is 0 Å². The summed E-state index contributed by atoms with van der Waals surface area (Å²) in [4.78, 5) is 41.2. The molecule has 0 saturated carbocycles. The number of nitro benzene ring substituents is 1. The maximum absolute atomic E-state index is 13.2. The number of rotatable bonds is 6. The molecule has 1 amide bonds. The second kappa shape index (κ2) is 9.72. The zero-order chi connectivity index (χ0) is 25.1. The number of ether oxygens (including phenoxy) is 1. The van der Waals surface area contributed by atoms with Gasteiger partial charge in [-0.2, -0.15) is 0 Å². The summed E-state index contributed by atoms with van der Waals surface area (Å²) in [6, 6.07) is 20.6. The normalized spacial score (nSPS) is 11.6. The molecule has 4 aromatic rings. The molecule has 3 aromatic carbocycles. The second-order valence-corrected chi connectivity index (χ2v) is 8.20. The van der Waals surface area contributed by atoms with Gasteiger partial charge in [0.25, 0.3) is 11.6 Å². The molecular weight excluding hydrogens is 446 g/mol. The van der Waals surface area contributed by atoms with Gasteiger partial charge >= 0.3 is 5.97 Å². The number of aromatic nitrogens is 1. The Balaban J connectivity index is 1.63. The van der Waals surface area contributed by atoms with Crippen molar-refractivity contribution in [3.63, 3.8) is 0 Å². The standard InChI is InChI=1S/C27H23N3O5/c1-16-12-13-19(17(2)14-16)24-15-21(20-8-4-5-9-22(20)28-24)27(32)35-18(3)26(31)29-23-10-6-7-11-25(23)30(33)34/h4-15,18H,1-3H3,(H,29,31). The Morgan fingerprint density at radius 3 is 2.46 bits per heavy atom. The first-order chi connectivity index (χ1) is 16.7. The summed E-state index contributed by atoms with van der Waals surface area (Å²) in [6.07, 6.45) is -1.20. The van der Waals surface area contributed by atoms with Crippen LogP contribution < -0.4 is 5.32 Å². The minimum absolute atomic E-state index is 0.0249. The molecule has 4 rings (SSSR count). The highest BCUT2D eigenvalue weighted by Crippen LogP contribution is 2.29. The van der Waals surface area contributed by atoms with E-state index >= 15 is 0 Å². The van der Waals surface area contributed by atoms with Crippen molar-refractivity contribution in [2.75, 3.05) is 5.32 Å². The SMILES string of the molecule is Cc1ccc(-c2cc(C(=O)OC(C)C(=O)Nc3ccccc3[N+](=O)[O-])c3ccccc3n2)c(C)c1. The van der Waals surface area contributed by atoms with Crippen molar-refractivity contribution in [1.82, 2.24) is 4.98 Å². The van der Waals surface area contributed by atoms with Crippen molar-refractivity contribution in [3.8, 4) is 11.3 Å². The number of amides is 1. The van der Waals surface area contributed by atoms with E-state index in [1.807, 2.05) is 44.2 Å². The molecule has 0 radical (unpaired) electrons. The number of nitrogens with one attached hydrogen (secondary N) is 1. The van der Waals surface area contributed by atoms with Gasteiger partial charge in [-0.05, 0) is 44.5 Å². The lowest BCUT2D eigenvalue weighted by Gasteiger charge is -2.15. The second-order valence-electron chi connectivity index (χ2n) is 8.20. The van der Waals surface area contributed by atoms with Gasteiger partial charge in [-0.15, -0.1) is 0 Å². The Morgan fingerprint density at radius 2 is 1.71 bits per heavy atom. The first kappa shape index (κ1) is 23.6. The molecule has 1 N–H and O–H groups in total. The van der Waals surface area contributed by atoms with E-state index < -0.39 is 22.9 Å². The maximum atomic E-state index is 13.2. The smallest absolute Gasteiger partial charge is 0.339 e. The van der Waals surface area contributed by atoms with Crippen LogP contribution in [0.4, 0.5) is 11.4 Å². The molecular formula is C27H23N3O5. The van der Waals surface area contributed by atoms with Crippen LogP contribution in [0, 0.1) is 24.0 Å². The topological polar surface area (TPSA) is 111 Å². The molecule has 8 heteroatoms. The Kier molecular flexibility index (Phi) is 6.55. The highest BCUT2D eigenvalue weighted by atomic mass is 16.6. The maximum Gasteiger partial charge on any atom is 0.339 e. The highest BCUT2D eigenvalue weighted by molar-refractivity contribution is 6.06. The van der Waals surface area contributed by atoms with Crippen LogP contribution in [-0.4, -0.2) is 27.9 Å².